The average Bonchev–Trinajstić information content (AvgIpc) is 3.41. The van der Waals surface area contributed by atoms with Crippen LogP contribution in [0.25, 0.3) is 10.2 Å². The maximum absolute atomic E-state index is 12.9. The molecular weight excluding hydrogens is 404 g/mol. The van der Waals surface area contributed by atoms with Gasteiger partial charge in [-0.25, -0.2) is 4.98 Å². The highest BCUT2D eigenvalue weighted by molar-refractivity contribution is 7.22. The summed E-state index contributed by atoms with van der Waals surface area (Å²) in [4.78, 5) is 36.0. The summed E-state index contributed by atoms with van der Waals surface area (Å²) < 4.78 is 11.9. The molecule has 2 aromatic rings. The second-order valence-corrected chi connectivity index (χ2v) is 9.09. The smallest absolute Gasteiger partial charge is 0.251 e. The van der Waals surface area contributed by atoms with Crippen LogP contribution in [0.2, 0.25) is 0 Å². The quantitative estimate of drug-likeness (QED) is 0.733. The van der Waals surface area contributed by atoms with Crippen molar-refractivity contribution >= 4 is 38.5 Å². The molecule has 1 unspecified atom stereocenters. The van der Waals surface area contributed by atoms with Crippen molar-refractivity contribution in [2.24, 2.45) is 5.92 Å². The van der Waals surface area contributed by atoms with Crippen molar-refractivity contribution in [3.63, 3.8) is 0 Å². The minimum atomic E-state index is -0.277. The maximum atomic E-state index is 12.9. The number of rotatable bonds is 4. The topological polar surface area (TPSA) is 75.2 Å². The standard InChI is InChI=1S/C21H26N4O4S/c1-28-15-4-5-18-16(11-15)22-21(30-18)25-12-14(13-25)19(26)23-6-8-24(9-7-23)20(27)17-3-2-10-29-17/h4-5,11,14,17H,2-3,6-10,12-13H2,1H3. The lowest BCUT2D eigenvalue weighted by Crippen LogP contribution is -2.59. The molecule has 3 saturated heterocycles. The van der Waals surface area contributed by atoms with Crippen LogP contribution >= 0.6 is 11.3 Å². The summed E-state index contributed by atoms with van der Waals surface area (Å²) in [5, 5.41) is 0.953. The second-order valence-electron chi connectivity index (χ2n) is 8.08. The Balaban J connectivity index is 1.13. The van der Waals surface area contributed by atoms with Crippen molar-refractivity contribution in [3.8, 4) is 5.75 Å². The molecular formula is C21H26N4O4S. The molecule has 0 bridgehead atoms. The Morgan fingerprint density at radius 1 is 1.13 bits per heavy atom. The Hall–Kier alpha value is -2.39. The largest absolute Gasteiger partial charge is 0.497 e. The van der Waals surface area contributed by atoms with Gasteiger partial charge < -0.3 is 24.2 Å². The number of hydrogen-bond acceptors (Lipinski definition) is 7. The molecule has 0 N–H and O–H groups in total. The van der Waals surface area contributed by atoms with Crippen molar-refractivity contribution < 1.29 is 19.1 Å². The second kappa shape index (κ2) is 8.03. The van der Waals surface area contributed by atoms with Crippen LogP contribution in [0.1, 0.15) is 12.8 Å². The van der Waals surface area contributed by atoms with E-state index in [9.17, 15) is 9.59 Å². The molecule has 1 aromatic carbocycles. The van der Waals surface area contributed by atoms with E-state index in [0.717, 1.165) is 33.9 Å². The molecule has 3 aliphatic rings. The number of ether oxygens (including phenoxy) is 2. The van der Waals surface area contributed by atoms with E-state index in [2.05, 4.69) is 4.90 Å². The van der Waals surface area contributed by atoms with Crippen molar-refractivity contribution in [2.75, 3.05) is 57.9 Å². The van der Waals surface area contributed by atoms with Crippen molar-refractivity contribution in [2.45, 2.75) is 18.9 Å². The number of carbonyl (C=O) groups excluding carboxylic acids is 2. The van der Waals surface area contributed by atoms with Crippen molar-refractivity contribution in [1.29, 1.82) is 0 Å². The van der Waals surface area contributed by atoms with E-state index < -0.39 is 0 Å². The van der Waals surface area contributed by atoms with Crippen molar-refractivity contribution in [1.82, 2.24) is 14.8 Å². The van der Waals surface area contributed by atoms with Gasteiger partial charge in [0.15, 0.2) is 5.13 Å². The number of piperazine rings is 1. The first-order valence-electron chi connectivity index (χ1n) is 10.5. The van der Waals surface area contributed by atoms with Crippen LogP contribution in [-0.2, 0) is 14.3 Å². The molecule has 0 radical (unpaired) electrons. The zero-order chi connectivity index (χ0) is 20.7. The van der Waals surface area contributed by atoms with Gasteiger partial charge in [-0.3, -0.25) is 9.59 Å². The first-order valence-corrected chi connectivity index (χ1v) is 11.3. The third-order valence-electron chi connectivity index (χ3n) is 6.19. The molecule has 160 valence electrons. The summed E-state index contributed by atoms with van der Waals surface area (Å²) in [6, 6.07) is 5.90. The number of aromatic nitrogens is 1. The Morgan fingerprint density at radius 2 is 1.87 bits per heavy atom. The Labute approximate surface area is 179 Å². The molecule has 30 heavy (non-hydrogen) atoms. The van der Waals surface area contributed by atoms with Gasteiger partial charge in [-0.15, -0.1) is 0 Å². The minimum absolute atomic E-state index is 0.00645. The minimum Gasteiger partial charge on any atom is -0.497 e. The molecule has 8 nitrogen and oxygen atoms in total. The molecule has 1 atom stereocenters. The zero-order valence-corrected chi connectivity index (χ0v) is 17.9. The van der Waals surface area contributed by atoms with E-state index in [-0.39, 0.29) is 23.8 Å². The predicted molar refractivity (Wildman–Crippen MR) is 114 cm³/mol. The van der Waals surface area contributed by atoms with E-state index in [1.54, 1.807) is 18.4 Å². The summed E-state index contributed by atoms with van der Waals surface area (Å²) >= 11 is 1.64. The van der Waals surface area contributed by atoms with Crippen LogP contribution in [0.15, 0.2) is 18.2 Å². The van der Waals surface area contributed by atoms with Gasteiger partial charge in [-0.05, 0) is 25.0 Å². The van der Waals surface area contributed by atoms with Crippen LogP contribution < -0.4 is 9.64 Å². The maximum Gasteiger partial charge on any atom is 0.251 e. The number of hydrogen-bond donors (Lipinski definition) is 0. The fourth-order valence-electron chi connectivity index (χ4n) is 4.33. The highest BCUT2D eigenvalue weighted by Crippen LogP contribution is 2.35. The van der Waals surface area contributed by atoms with E-state index in [1.807, 2.05) is 28.0 Å². The molecule has 3 aliphatic heterocycles. The number of fused-ring (bicyclic) bond motifs is 1. The fraction of sp³-hybridized carbons (Fsp3) is 0.571. The van der Waals surface area contributed by atoms with Gasteiger partial charge in [-0.1, -0.05) is 11.3 Å². The molecule has 1 aromatic heterocycles. The Morgan fingerprint density at radius 3 is 2.53 bits per heavy atom. The Bertz CT molecular complexity index is 944. The SMILES string of the molecule is COc1ccc2sc(N3CC(C(=O)N4CCN(C(=O)C5CCCO5)CC4)C3)nc2c1. The summed E-state index contributed by atoms with van der Waals surface area (Å²) in [6.07, 6.45) is 1.49. The van der Waals surface area contributed by atoms with Crippen LogP contribution in [0, 0.1) is 5.92 Å². The molecule has 0 saturated carbocycles. The normalized spacial score (nSPS) is 22.4. The Kier molecular flexibility index (Phi) is 5.24. The highest BCUT2D eigenvalue weighted by Gasteiger charge is 2.38. The van der Waals surface area contributed by atoms with Gasteiger partial charge >= 0.3 is 0 Å². The van der Waals surface area contributed by atoms with E-state index in [1.165, 1.54) is 0 Å². The molecule has 3 fully saturated rings. The fourth-order valence-corrected chi connectivity index (χ4v) is 5.29. The first kappa shape index (κ1) is 19.6. The van der Waals surface area contributed by atoms with E-state index >= 15 is 0 Å². The lowest BCUT2D eigenvalue weighted by atomic mass is 9.99. The van der Waals surface area contributed by atoms with Gasteiger partial charge in [0.05, 0.1) is 23.2 Å². The third kappa shape index (κ3) is 3.60. The number of benzene rings is 1. The van der Waals surface area contributed by atoms with Gasteiger partial charge in [-0.2, -0.15) is 0 Å². The molecule has 5 rings (SSSR count). The predicted octanol–water partition coefficient (Wildman–Crippen LogP) is 1.59. The number of nitrogens with zero attached hydrogens (tertiary/aromatic N) is 4. The molecule has 4 heterocycles. The van der Waals surface area contributed by atoms with Crippen LogP contribution in [-0.4, -0.2) is 85.7 Å². The summed E-state index contributed by atoms with van der Waals surface area (Å²) in [5.74, 6) is 1.08. The molecule has 0 aliphatic carbocycles. The summed E-state index contributed by atoms with van der Waals surface area (Å²) in [7, 11) is 1.65. The van der Waals surface area contributed by atoms with Crippen LogP contribution in [0.5, 0.6) is 5.75 Å². The van der Waals surface area contributed by atoms with Gasteiger partial charge in [0, 0.05) is 51.9 Å². The molecule has 2 amide bonds. The lowest BCUT2D eigenvalue weighted by Gasteiger charge is -2.42. The highest BCUT2D eigenvalue weighted by atomic mass is 32.1. The first-order chi connectivity index (χ1) is 14.6. The van der Waals surface area contributed by atoms with Gasteiger partial charge in [0.25, 0.3) is 5.91 Å². The summed E-state index contributed by atoms with van der Waals surface area (Å²) in [6.45, 7) is 4.48. The third-order valence-corrected chi connectivity index (χ3v) is 7.29. The monoisotopic (exact) mass is 430 g/mol. The number of methoxy groups -OCH3 is 1. The number of anilines is 1. The zero-order valence-electron chi connectivity index (χ0n) is 17.1. The number of carbonyl (C=O) groups is 2. The van der Waals surface area contributed by atoms with Gasteiger partial charge in [0.2, 0.25) is 5.91 Å². The van der Waals surface area contributed by atoms with E-state index in [4.69, 9.17) is 14.5 Å². The van der Waals surface area contributed by atoms with Crippen LogP contribution in [0.4, 0.5) is 5.13 Å². The van der Waals surface area contributed by atoms with E-state index in [0.29, 0.717) is 45.9 Å². The summed E-state index contributed by atoms with van der Waals surface area (Å²) in [5.41, 5.74) is 0.927. The average molecular weight is 431 g/mol. The van der Waals surface area contributed by atoms with Gasteiger partial charge in [0.1, 0.15) is 11.9 Å². The van der Waals surface area contributed by atoms with Crippen LogP contribution in [0.3, 0.4) is 0 Å². The molecule has 0 spiro atoms. The molecule has 9 heteroatoms. The number of amides is 2. The lowest BCUT2D eigenvalue weighted by molar-refractivity contribution is -0.147. The number of thiazole rings is 1. The van der Waals surface area contributed by atoms with Crippen molar-refractivity contribution in [3.05, 3.63) is 18.2 Å².